The Morgan fingerprint density at radius 2 is 1.94 bits per heavy atom. The third kappa shape index (κ3) is 4.20. The van der Waals surface area contributed by atoms with Crippen molar-refractivity contribution in [1.82, 2.24) is 15.2 Å². The van der Waals surface area contributed by atoms with Gasteiger partial charge in [0, 0.05) is 18.1 Å². The predicted octanol–water partition coefficient (Wildman–Crippen LogP) is 4.80. The molecule has 1 aliphatic rings. The molecule has 2 heterocycles. The minimum absolute atomic E-state index is 0.145. The van der Waals surface area contributed by atoms with Crippen molar-refractivity contribution in [2.75, 3.05) is 17.3 Å². The van der Waals surface area contributed by atoms with Gasteiger partial charge in [-0.1, -0.05) is 30.3 Å². The topological polar surface area (TPSA) is 77.4 Å². The zero-order valence-corrected chi connectivity index (χ0v) is 18.8. The smallest absolute Gasteiger partial charge is 0.247 e. The number of benzene rings is 2. The van der Waals surface area contributed by atoms with E-state index in [4.69, 9.17) is 9.47 Å². The molecule has 1 atom stereocenters. The van der Waals surface area contributed by atoms with E-state index in [0.29, 0.717) is 29.0 Å². The van der Waals surface area contributed by atoms with Crippen molar-refractivity contribution in [1.29, 1.82) is 0 Å². The van der Waals surface area contributed by atoms with Crippen LogP contribution in [0.1, 0.15) is 38.1 Å². The highest BCUT2D eigenvalue weighted by Gasteiger charge is 2.34. The minimum Gasteiger partial charge on any atom is -0.494 e. The summed E-state index contributed by atoms with van der Waals surface area (Å²) in [5.74, 6) is 1.79. The number of carbonyl (C=O) groups excluding carboxylic acids is 1. The molecule has 0 spiro atoms. The van der Waals surface area contributed by atoms with Crippen molar-refractivity contribution < 1.29 is 14.3 Å². The number of thioether (sulfide) groups is 1. The number of nitrogens with zero attached hydrogens (tertiary/aromatic N) is 4. The molecule has 3 aromatic rings. The summed E-state index contributed by atoms with van der Waals surface area (Å²) in [6, 6.07) is 13.4. The molecule has 0 bridgehead atoms. The molecule has 0 radical (unpaired) electrons. The Labute approximate surface area is 185 Å². The van der Waals surface area contributed by atoms with Gasteiger partial charge < -0.3 is 9.47 Å². The van der Waals surface area contributed by atoms with Crippen LogP contribution in [0.4, 0.5) is 5.69 Å². The Morgan fingerprint density at radius 3 is 2.61 bits per heavy atom. The maximum absolute atomic E-state index is 12.8. The summed E-state index contributed by atoms with van der Waals surface area (Å²) in [6.07, 6.45) is -0.702. The van der Waals surface area contributed by atoms with Crippen LogP contribution in [0.15, 0.2) is 47.6 Å². The molecule has 160 valence electrons. The summed E-state index contributed by atoms with van der Waals surface area (Å²) in [6.45, 7) is 8.07. The third-order valence-corrected chi connectivity index (χ3v) is 5.57. The van der Waals surface area contributed by atoms with Gasteiger partial charge in [-0.15, -0.1) is 10.2 Å². The Bertz CT molecular complexity index is 1100. The van der Waals surface area contributed by atoms with Crippen LogP contribution in [0, 0.1) is 6.92 Å². The summed E-state index contributed by atoms with van der Waals surface area (Å²) in [5, 5.41) is 9.22. The molecule has 1 aromatic heterocycles. The first-order valence-electron chi connectivity index (χ1n) is 10.2. The van der Waals surface area contributed by atoms with E-state index >= 15 is 0 Å². The first kappa shape index (κ1) is 21.1. The van der Waals surface area contributed by atoms with Crippen LogP contribution in [-0.2, 0) is 4.79 Å². The fourth-order valence-corrected chi connectivity index (χ4v) is 4.03. The normalized spacial score (nSPS) is 14.8. The van der Waals surface area contributed by atoms with Gasteiger partial charge in [0.2, 0.25) is 23.2 Å². The lowest BCUT2D eigenvalue weighted by Gasteiger charge is -2.30. The van der Waals surface area contributed by atoms with Gasteiger partial charge in [-0.25, -0.2) is 0 Å². The fraction of sp³-hybridized carbons (Fsp3) is 0.304. The van der Waals surface area contributed by atoms with E-state index in [-0.39, 0.29) is 5.91 Å². The number of ether oxygens (including phenoxy) is 2. The number of anilines is 1. The molecule has 2 aromatic carbocycles. The Hall–Kier alpha value is -3.13. The minimum atomic E-state index is -0.702. The van der Waals surface area contributed by atoms with Gasteiger partial charge in [-0.3, -0.25) is 9.69 Å². The lowest BCUT2D eigenvalue weighted by Crippen LogP contribution is -2.36. The van der Waals surface area contributed by atoms with Gasteiger partial charge in [-0.2, -0.15) is 4.98 Å². The van der Waals surface area contributed by atoms with Crippen molar-refractivity contribution in [3.05, 3.63) is 53.6 Å². The highest BCUT2D eigenvalue weighted by molar-refractivity contribution is 7.99. The number of hydrogen-bond donors (Lipinski definition) is 0. The first-order chi connectivity index (χ1) is 15.0. The monoisotopic (exact) mass is 436 g/mol. The first-order valence-corrected chi connectivity index (χ1v) is 11.2. The number of carbonyl (C=O) groups is 1. The van der Waals surface area contributed by atoms with Gasteiger partial charge in [0.25, 0.3) is 0 Å². The lowest BCUT2D eigenvalue weighted by atomic mass is 10.0. The number of hydrogen-bond acceptors (Lipinski definition) is 7. The van der Waals surface area contributed by atoms with Gasteiger partial charge >= 0.3 is 0 Å². The molecule has 0 N–H and O–H groups in total. The average Bonchev–Trinajstić information content (AvgIpc) is 2.89. The summed E-state index contributed by atoms with van der Waals surface area (Å²) >= 11 is 1.49. The molecule has 0 saturated carbocycles. The van der Waals surface area contributed by atoms with Crippen LogP contribution in [-0.4, -0.2) is 33.4 Å². The van der Waals surface area contributed by atoms with Gasteiger partial charge in [0.05, 0.1) is 12.3 Å². The van der Waals surface area contributed by atoms with E-state index in [0.717, 1.165) is 28.2 Å². The van der Waals surface area contributed by atoms with E-state index in [2.05, 4.69) is 15.2 Å². The molecule has 0 unspecified atom stereocenters. The lowest BCUT2D eigenvalue weighted by molar-refractivity contribution is -0.118. The number of rotatable bonds is 5. The van der Waals surface area contributed by atoms with E-state index in [1.54, 1.807) is 4.90 Å². The zero-order valence-electron chi connectivity index (χ0n) is 18.0. The van der Waals surface area contributed by atoms with Crippen molar-refractivity contribution in [3.63, 3.8) is 0 Å². The van der Waals surface area contributed by atoms with Crippen LogP contribution >= 0.6 is 11.8 Å². The Balaban J connectivity index is 1.90. The van der Waals surface area contributed by atoms with Crippen LogP contribution in [0.3, 0.4) is 0 Å². The van der Waals surface area contributed by atoms with Gasteiger partial charge in [0.1, 0.15) is 5.75 Å². The summed E-state index contributed by atoms with van der Waals surface area (Å²) < 4.78 is 11.9. The molecule has 4 rings (SSSR count). The molecular formula is C23H24N4O3S. The van der Waals surface area contributed by atoms with E-state index in [1.165, 1.54) is 18.7 Å². The molecule has 31 heavy (non-hydrogen) atoms. The largest absolute Gasteiger partial charge is 0.494 e. The van der Waals surface area contributed by atoms with Crippen molar-refractivity contribution in [2.45, 2.75) is 39.1 Å². The van der Waals surface area contributed by atoms with Crippen molar-refractivity contribution in [2.24, 2.45) is 0 Å². The number of fused-ring (bicyclic) bond motifs is 3. The second kappa shape index (κ2) is 8.93. The van der Waals surface area contributed by atoms with E-state index in [1.807, 2.05) is 63.2 Å². The van der Waals surface area contributed by atoms with Crippen LogP contribution in [0.25, 0.3) is 11.3 Å². The van der Waals surface area contributed by atoms with Gasteiger partial charge in [-0.05, 0) is 56.0 Å². The molecule has 0 aliphatic carbocycles. The van der Waals surface area contributed by atoms with E-state index in [9.17, 15) is 4.79 Å². The van der Waals surface area contributed by atoms with Crippen LogP contribution in [0.2, 0.25) is 0 Å². The second-order valence-electron chi connectivity index (χ2n) is 7.06. The zero-order chi connectivity index (χ0) is 22.0. The van der Waals surface area contributed by atoms with Gasteiger partial charge in [0.15, 0.2) is 5.69 Å². The standard InChI is InChI=1S/C23H24N4O3S/c1-5-29-17-10-8-16(9-11-17)22-27(15(4)28)19-12-7-14(3)13-18(19)20-21(30-22)24-23(26-25-20)31-6-2/h7-13,22H,5-6H2,1-4H3/t22-/m0/s1. The molecule has 8 heteroatoms. The van der Waals surface area contributed by atoms with Crippen LogP contribution in [0.5, 0.6) is 11.6 Å². The quantitative estimate of drug-likeness (QED) is 0.532. The van der Waals surface area contributed by atoms with Crippen molar-refractivity contribution in [3.8, 4) is 22.9 Å². The molecule has 7 nitrogen and oxygen atoms in total. The second-order valence-corrected chi connectivity index (χ2v) is 8.29. The fourth-order valence-electron chi connectivity index (χ4n) is 3.52. The maximum atomic E-state index is 12.8. The Kier molecular flexibility index (Phi) is 6.08. The van der Waals surface area contributed by atoms with E-state index < -0.39 is 6.23 Å². The summed E-state index contributed by atoms with van der Waals surface area (Å²) in [5.41, 5.74) is 3.86. The van der Waals surface area contributed by atoms with Crippen LogP contribution < -0.4 is 14.4 Å². The third-order valence-electron chi connectivity index (χ3n) is 4.85. The predicted molar refractivity (Wildman–Crippen MR) is 121 cm³/mol. The number of aromatic nitrogens is 3. The average molecular weight is 437 g/mol. The molecule has 1 amide bonds. The molecule has 0 fully saturated rings. The highest BCUT2D eigenvalue weighted by Crippen LogP contribution is 2.43. The number of amides is 1. The van der Waals surface area contributed by atoms with Crippen molar-refractivity contribution >= 4 is 23.4 Å². The SMILES string of the molecule is CCOc1ccc([C@@H]2Oc3nc(SCC)nnc3-c3cc(C)ccc3N2C(C)=O)cc1. The molecular weight excluding hydrogens is 412 g/mol. The summed E-state index contributed by atoms with van der Waals surface area (Å²) in [7, 11) is 0. The number of aryl methyl sites for hydroxylation is 1. The summed E-state index contributed by atoms with van der Waals surface area (Å²) in [4.78, 5) is 19.1. The Morgan fingerprint density at radius 1 is 1.16 bits per heavy atom. The highest BCUT2D eigenvalue weighted by atomic mass is 32.2. The molecule has 1 aliphatic heterocycles. The molecule has 0 saturated heterocycles. The maximum Gasteiger partial charge on any atom is 0.247 e.